The van der Waals surface area contributed by atoms with E-state index >= 15 is 0 Å². The van der Waals surface area contributed by atoms with E-state index in [1.165, 1.54) is 0 Å². The Hall–Kier alpha value is -1.40. The molecule has 0 bridgehead atoms. The number of likely N-dealkylation sites (tertiary alicyclic amines) is 1. The van der Waals surface area contributed by atoms with Crippen LogP contribution in [0.25, 0.3) is 0 Å². The van der Waals surface area contributed by atoms with Crippen molar-refractivity contribution in [1.82, 2.24) is 9.62 Å². The Bertz CT molecular complexity index is 680. The first-order valence-electron chi connectivity index (χ1n) is 7.26. The Morgan fingerprint density at radius 1 is 1.24 bits per heavy atom. The van der Waals surface area contributed by atoms with Crippen LogP contribution in [-0.4, -0.2) is 37.9 Å². The van der Waals surface area contributed by atoms with Crippen molar-refractivity contribution in [3.63, 3.8) is 0 Å². The zero-order chi connectivity index (χ0) is 15.2. The second-order valence-electron chi connectivity index (χ2n) is 6.07. The van der Waals surface area contributed by atoms with E-state index in [-0.39, 0.29) is 18.4 Å². The summed E-state index contributed by atoms with van der Waals surface area (Å²) in [5.41, 5.74) is 1.62. The summed E-state index contributed by atoms with van der Waals surface area (Å²) >= 11 is 0. The molecule has 114 valence electrons. The monoisotopic (exact) mass is 308 g/mol. The lowest BCUT2D eigenvalue weighted by Crippen LogP contribution is -2.37. The molecule has 2 aliphatic rings. The van der Waals surface area contributed by atoms with Crippen LogP contribution >= 0.6 is 0 Å². The van der Waals surface area contributed by atoms with Crippen LogP contribution in [0.2, 0.25) is 0 Å². The quantitative estimate of drug-likeness (QED) is 0.913. The fourth-order valence-corrected chi connectivity index (χ4v) is 4.39. The molecule has 1 aliphatic heterocycles. The summed E-state index contributed by atoms with van der Waals surface area (Å²) in [6, 6.07) is 5.39. The number of hydrogen-bond donors (Lipinski definition) is 1. The number of benzene rings is 1. The molecule has 1 aliphatic carbocycles. The molecule has 6 heteroatoms. The van der Waals surface area contributed by atoms with Gasteiger partial charge in [0.25, 0.3) is 0 Å². The highest BCUT2D eigenvalue weighted by Gasteiger charge is 2.40. The summed E-state index contributed by atoms with van der Waals surface area (Å²) in [6.07, 6.45) is 2.35. The number of carbonyl (C=O) groups excluding carboxylic acids is 1. The van der Waals surface area contributed by atoms with Gasteiger partial charge in [0, 0.05) is 25.0 Å². The molecular formula is C15H20N2O3S. The molecule has 0 aromatic heterocycles. The molecule has 5 nitrogen and oxygen atoms in total. The standard InChI is InChI=1S/C15H20N2O3S/c1-10-3-4-11(2)14(7-10)21(19,20)16-12-8-15(18)17(9-12)13-5-6-13/h3-4,7,12-13,16H,5-6,8-9H2,1-2H3. The van der Waals surface area contributed by atoms with Crippen molar-refractivity contribution in [2.75, 3.05) is 6.54 Å². The van der Waals surface area contributed by atoms with E-state index in [1.54, 1.807) is 19.1 Å². The highest BCUT2D eigenvalue weighted by molar-refractivity contribution is 7.89. The molecule has 1 saturated carbocycles. The minimum absolute atomic E-state index is 0.0613. The number of rotatable bonds is 4. The Balaban J connectivity index is 1.77. The fraction of sp³-hybridized carbons (Fsp3) is 0.533. The molecule has 1 heterocycles. The molecular weight excluding hydrogens is 288 g/mol. The predicted octanol–water partition coefficient (Wildman–Crippen LogP) is 1.35. The molecule has 0 radical (unpaired) electrons. The molecule has 2 fully saturated rings. The van der Waals surface area contributed by atoms with Gasteiger partial charge in [0.15, 0.2) is 0 Å². The third-order valence-electron chi connectivity index (χ3n) is 4.10. The van der Waals surface area contributed by atoms with Crippen LogP contribution < -0.4 is 4.72 Å². The van der Waals surface area contributed by atoms with Gasteiger partial charge in [-0.1, -0.05) is 12.1 Å². The summed E-state index contributed by atoms with van der Waals surface area (Å²) in [4.78, 5) is 14.0. The number of nitrogens with zero attached hydrogens (tertiary/aromatic N) is 1. The van der Waals surface area contributed by atoms with Crippen molar-refractivity contribution in [1.29, 1.82) is 0 Å². The summed E-state index contributed by atoms with van der Waals surface area (Å²) in [5, 5.41) is 0. The molecule has 21 heavy (non-hydrogen) atoms. The second kappa shape index (κ2) is 5.10. The number of amides is 1. The average Bonchev–Trinajstić information content (AvgIpc) is 3.17. The number of carbonyl (C=O) groups is 1. The van der Waals surface area contributed by atoms with Crippen molar-refractivity contribution < 1.29 is 13.2 Å². The summed E-state index contributed by atoms with van der Waals surface area (Å²) in [7, 11) is -3.58. The van der Waals surface area contributed by atoms with Gasteiger partial charge < -0.3 is 4.90 Å². The van der Waals surface area contributed by atoms with Crippen LogP contribution in [0.5, 0.6) is 0 Å². The zero-order valence-electron chi connectivity index (χ0n) is 12.3. The molecule has 3 rings (SSSR count). The SMILES string of the molecule is Cc1ccc(C)c(S(=O)(=O)NC2CC(=O)N(C3CC3)C2)c1. The Kier molecular flexibility index (Phi) is 3.53. The van der Waals surface area contributed by atoms with Gasteiger partial charge in [-0.25, -0.2) is 13.1 Å². The average molecular weight is 308 g/mol. The molecule has 1 aromatic carbocycles. The van der Waals surface area contributed by atoms with Crippen molar-refractivity contribution in [2.45, 2.75) is 50.1 Å². The number of nitrogens with one attached hydrogen (secondary N) is 1. The van der Waals surface area contributed by atoms with Crippen molar-refractivity contribution in [3.8, 4) is 0 Å². The lowest BCUT2D eigenvalue weighted by Gasteiger charge is -2.17. The normalized spacial score (nSPS) is 22.9. The van der Waals surface area contributed by atoms with Crippen LogP contribution in [0, 0.1) is 13.8 Å². The fourth-order valence-electron chi connectivity index (χ4n) is 2.83. The molecule has 1 atom stereocenters. The third-order valence-corrected chi connectivity index (χ3v) is 5.76. The molecule has 1 amide bonds. The maximum atomic E-state index is 12.5. The minimum atomic E-state index is -3.58. The summed E-state index contributed by atoms with van der Waals surface area (Å²) < 4.78 is 27.7. The van der Waals surface area contributed by atoms with E-state index in [2.05, 4.69) is 4.72 Å². The third kappa shape index (κ3) is 2.96. The number of hydrogen-bond acceptors (Lipinski definition) is 3. The molecule has 0 spiro atoms. The van der Waals surface area contributed by atoms with E-state index in [4.69, 9.17) is 0 Å². The first-order valence-corrected chi connectivity index (χ1v) is 8.74. The van der Waals surface area contributed by atoms with E-state index in [0.29, 0.717) is 17.5 Å². The van der Waals surface area contributed by atoms with E-state index < -0.39 is 10.0 Å². The van der Waals surface area contributed by atoms with Gasteiger partial charge >= 0.3 is 0 Å². The Morgan fingerprint density at radius 3 is 2.62 bits per heavy atom. The van der Waals surface area contributed by atoms with Crippen LogP contribution in [0.3, 0.4) is 0 Å². The molecule has 1 N–H and O–H groups in total. The highest BCUT2D eigenvalue weighted by atomic mass is 32.2. The lowest BCUT2D eigenvalue weighted by molar-refractivity contribution is -0.128. The topological polar surface area (TPSA) is 66.5 Å². The van der Waals surface area contributed by atoms with E-state index in [0.717, 1.165) is 24.0 Å². The van der Waals surface area contributed by atoms with Crippen molar-refractivity contribution >= 4 is 15.9 Å². The minimum Gasteiger partial charge on any atom is -0.338 e. The predicted molar refractivity (Wildman–Crippen MR) is 79.4 cm³/mol. The Morgan fingerprint density at radius 2 is 1.95 bits per heavy atom. The van der Waals surface area contributed by atoms with Crippen LogP contribution in [0.4, 0.5) is 0 Å². The van der Waals surface area contributed by atoms with Gasteiger partial charge in [0.05, 0.1) is 4.90 Å². The smallest absolute Gasteiger partial charge is 0.241 e. The van der Waals surface area contributed by atoms with Crippen LogP contribution in [0.15, 0.2) is 23.1 Å². The van der Waals surface area contributed by atoms with Gasteiger partial charge in [-0.05, 0) is 43.9 Å². The Labute approximate surface area is 125 Å². The van der Waals surface area contributed by atoms with E-state index in [1.807, 2.05) is 17.9 Å². The molecule has 1 saturated heterocycles. The maximum Gasteiger partial charge on any atom is 0.241 e. The van der Waals surface area contributed by atoms with Gasteiger partial charge in [-0.15, -0.1) is 0 Å². The highest BCUT2D eigenvalue weighted by Crippen LogP contribution is 2.31. The molecule has 1 aromatic rings. The summed E-state index contributed by atoms with van der Waals surface area (Å²) in [6.45, 7) is 4.14. The van der Waals surface area contributed by atoms with Crippen molar-refractivity contribution in [2.24, 2.45) is 0 Å². The van der Waals surface area contributed by atoms with Crippen molar-refractivity contribution in [3.05, 3.63) is 29.3 Å². The first-order chi connectivity index (χ1) is 9.87. The van der Waals surface area contributed by atoms with Gasteiger partial charge in [0.1, 0.15) is 0 Å². The second-order valence-corrected chi connectivity index (χ2v) is 7.75. The van der Waals surface area contributed by atoms with Gasteiger partial charge in [-0.3, -0.25) is 4.79 Å². The van der Waals surface area contributed by atoms with E-state index in [9.17, 15) is 13.2 Å². The first kappa shape index (κ1) is 14.5. The van der Waals surface area contributed by atoms with Crippen LogP contribution in [-0.2, 0) is 14.8 Å². The van der Waals surface area contributed by atoms with Crippen LogP contribution in [0.1, 0.15) is 30.4 Å². The number of aryl methyl sites for hydroxylation is 2. The molecule has 1 unspecified atom stereocenters. The lowest BCUT2D eigenvalue weighted by atomic mass is 10.2. The van der Waals surface area contributed by atoms with Gasteiger partial charge in [-0.2, -0.15) is 0 Å². The maximum absolute atomic E-state index is 12.5. The largest absolute Gasteiger partial charge is 0.338 e. The summed E-state index contributed by atoms with van der Waals surface area (Å²) in [5.74, 6) is 0.0613. The zero-order valence-corrected chi connectivity index (χ0v) is 13.1. The number of sulfonamides is 1. The van der Waals surface area contributed by atoms with Gasteiger partial charge in [0.2, 0.25) is 15.9 Å².